The second-order valence-electron chi connectivity index (χ2n) is 1.11. The van der Waals surface area contributed by atoms with Crippen LogP contribution in [-0.4, -0.2) is 25.9 Å². The molecule has 0 atom stereocenters. The quantitative estimate of drug-likeness (QED) is 0.464. The van der Waals surface area contributed by atoms with E-state index in [9.17, 15) is 0 Å². The van der Waals surface area contributed by atoms with E-state index in [1.807, 2.05) is 0 Å². The standard InChI is InChI=1S/C3H6O2.C2H3N/c1-2-5-3-4-1;1-2-3/h1-3H2;3H,1H2. The van der Waals surface area contributed by atoms with Gasteiger partial charge in [0.15, 0.2) is 0 Å². The lowest BCUT2D eigenvalue weighted by molar-refractivity contribution is 0.0692. The van der Waals surface area contributed by atoms with Crippen molar-refractivity contribution in [2.24, 2.45) is 0 Å². The molecule has 1 aliphatic rings. The van der Waals surface area contributed by atoms with Crippen molar-refractivity contribution >= 4 is 5.87 Å². The first-order valence-corrected chi connectivity index (χ1v) is 2.26. The molecule has 1 heterocycles. The molecule has 0 radical (unpaired) electrons. The molecule has 1 N–H and O–H groups in total. The SMILES string of the molecule is C1COCO1.C=C=N. The van der Waals surface area contributed by atoms with Gasteiger partial charge in [-0.3, -0.25) is 5.41 Å². The molecule has 0 spiro atoms. The van der Waals surface area contributed by atoms with E-state index in [4.69, 9.17) is 14.9 Å². The summed E-state index contributed by atoms with van der Waals surface area (Å²) in [6.45, 7) is 4.96. The summed E-state index contributed by atoms with van der Waals surface area (Å²) in [5.41, 5.74) is 0. The van der Waals surface area contributed by atoms with Gasteiger partial charge in [-0.2, -0.15) is 0 Å². The predicted molar refractivity (Wildman–Crippen MR) is 30.1 cm³/mol. The molecule has 0 bridgehead atoms. The zero-order valence-corrected chi connectivity index (χ0v) is 4.64. The first kappa shape index (κ1) is 7.37. The van der Waals surface area contributed by atoms with Gasteiger partial charge >= 0.3 is 0 Å². The van der Waals surface area contributed by atoms with E-state index in [-0.39, 0.29) is 0 Å². The molecule has 8 heavy (non-hydrogen) atoms. The lowest BCUT2D eigenvalue weighted by Gasteiger charge is -1.76. The van der Waals surface area contributed by atoms with Crippen molar-refractivity contribution in [1.29, 1.82) is 5.41 Å². The van der Waals surface area contributed by atoms with Gasteiger partial charge in [0.05, 0.1) is 13.2 Å². The average molecular weight is 115 g/mol. The van der Waals surface area contributed by atoms with Crippen molar-refractivity contribution in [3.63, 3.8) is 0 Å². The maximum atomic E-state index is 5.85. The number of nitrogens with one attached hydrogen (secondary N) is 1. The Morgan fingerprint density at radius 2 is 1.75 bits per heavy atom. The Bertz CT molecular complexity index is 64.9. The molecule has 1 rings (SSSR count). The van der Waals surface area contributed by atoms with E-state index in [0.29, 0.717) is 6.79 Å². The van der Waals surface area contributed by atoms with Crippen molar-refractivity contribution < 1.29 is 9.47 Å². The average Bonchev–Trinajstić information content (AvgIpc) is 2.17. The molecule has 3 heteroatoms. The summed E-state index contributed by atoms with van der Waals surface area (Å²) in [6, 6.07) is 0. The molecule has 0 saturated carbocycles. The highest BCUT2D eigenvalue weighted by molar-refractivity contribution is 5.41. The van der Waals surface area contributed by atoms with Crippen LogP contribution in [0.1, 0.15) is 0 Å². The summed E-state index contributed by atoms with van der Waals surface area (Å²) in [7, 11) is 0. The highest BCUT2D eigenvalue weighted by Gasteiger charge is 1.93. The third-order valence-corrected chi connectivity index (χ3v) is 0.539. The number of hydrogen-bond donors (Lipinski definition) is 1. The molecule has 1 saturated heterocycles. The monoisotopic (exact) mass is 115 g/mol. The van der Waals surface area contributed by atoms with Crippen LogP contribution in [0.3, 0.4) is 0 Å². The van der Waals surface area contributed by atoms with Crippen LogP contribution in [0.2, 0.25) is 0 Å². The molecule has 0 aromatic carbocycles. The van der Waals surface area contributed by atoms with Gasteiger partial charge in [-0.05, 0) is 12.4 Å². The Morgan fingerprint density at radius 1 is 1.38 bits per heavy atom. The fourth-order valence-electron chi connectivity index (χ4n) is 0.295. The molecule has 3 nitrogen and oxygen atoms in total. The van der Waals surface area contributed by atoms with Gasteiger partial charge < -0.3 is 9.47 Å². The van der Waals surface area contributed by atoms with E-state index >= 15 is 0 Å². The summed E-state index contributed by atoms with van der Waals surface area (Å²) in [4.78, 5) is 0. The third kappa shape index (κ3) is 5.37. The predicted octanol–water partition coefficient (Wildman–Crippen LogP) is 0.412. The topological polar surface area (TPSA) is 42.3 Å². The van der Waals surface area contributed by atoms with Crippen LogP contribution in [0.4, 0.5) is 0 Å². The normalized spacial score (nSPS) is 16.0. The Kier molecular flexibility index (Phi) is 5.87. The number of rotatable bonds is 0. The van der Waals surface area contributed by atoms with Gasteiger partial charge in [0, 0.05) is 0 Å². The highest BCUT2D eigenvalue weighted by Crippen LogP contribution is 1.85. The minimum atomic E-state index is 0.500. The minimum absolute atomic E-state index is 0.500. The summed E-state index contributed by atoms with van der Waals surface area (Å²) in [6.07, 6.45) is 0. The van der Waals surface area contributed by atoms with Crippen molar-refractivity contribution in [2.75, 3.05) is 20.0 Å². The Hall–Kier alpha value is -0.630. The van der Waals surface area contributed by atoms with Gasteiger partial charge in [0.25, 0.3) is 0 Å². The first-order valence-electron chi connectivity index (χ1n) is 2.26. The van der Waals surface area contributed by atoms with Crippen molar-refractivity contribution in [1.82, 2.24) is 0 Å². The van der Waals surface area contributed by atoms with Crippen molar-refractivity contribution in [3.8, 4) is 0 Å². The second kappa shape index (κ2) is 6.37. The van der Waals surface area contributed by atoms with Crippen LogP contribution in [-0.2, 0) is 9.47 Å². The Balaban J connectivity index is 0.000000145. The maximum Gasteiger partial charge on any atom is 0.146 e. The van der Waals surface area contributed by atoms with Crippen LogP contribution in [0.25, 0.3) is 0 Å². The van der Waals surface area contributed by atoms with Crippen molar-refractivity contribution in [2.45, 2.75) is 0 Å². The van der Waals surface area contributed by atoms with E-state index < -0.39 is 0 Å². The van der Waals surface area contributed by atoms with Crippen molar-refractivity contribution in [3.05, 3.63) is 6.58 Å². The van der Waals surface area contributed by atoms with Gasteiger partial charge in [-0.1, -0.05) is 0 Å². The molecular formula is C5H9NO2. The summed E-state index contributed by atoms with van der Waals surface area (Å²) < 4.78 is 9.44. The van der Waals surface area contributed by atoms with Gasteiger partial charge in [0.1, 0.15) is 6.79 Å². The molecule has 1 fully saturated rings. The zero-order valence-electron chi connectivity index (χ0n) is 4.64. The van der Waals surface area contributed by atoms with Gasteiger partial charge in [0.2, 0.25) is 0 Å². The highest BCUT2D eigenvalue weighted by atomic mass is 16.7. The summed E-state index contributed by atoms with van der Waals surface area (Å²) >= 11 is 0. The Morgan fingerprint density at radius 3 is 1.88 bits per heavy atom. The fraction of sp³-hybridized carbons (Fsp3) is 0.600. The summed E-state index contributed by atoms with van der Waals surface area (Å²) in [5.74, 6) is 1.75. The zero-order chi connectivity index (χ0) is 6.24. The number of ether oxygens (including phenoxy) is 2. The van der Waals surface area contributed by atoms with Gasteiger partial charge in [-0.15, -0.1) is 0 Å². The van der Waals surface area contributed by atoms with Gasteiger partial charge in [-0.25, -0.2) is 0 Å². The van der Waals surface area contributed by atoms with Crippen LogP contribution >= 0.6 is 0 Å². The van der Waals surface area contributed by atoms with E-state index in [0.717, 1.165) is 13.2 Å². The molecule has 0 aromatic rings. The van der Waals surface area contributed by atoms with E-state index in [1.165, 1.54) is 0 Å². The largest absolute Gasteiger partial charge is 0.353 e. The number of hydrogen-bond acceptors (Lipinski definition) is 3. The second-order valence-corrected chi connectivity index (χ2v) is 1.11. The van der Waals surface area contributed by atoms with Crippen LogP contribution in [0, 0.1) is 5.41 Å². The molecule has 0 aromatic heterocycles. The molecule has 0 unspecified atom stereocenters. The molecule has 0 amide bonds. The fourth-order valence-corrected chi connectivity index (χ4v) is 0.295. The van der Waals surface area contributed by atoms with E-state index in [1.54, 1.807) is 5.87 Å². The van der Waals surface area contributed by atoms with Crippen LogP contribution < -0.4 is 0 Å². The summed E-state index contributed by atoms with van der Waals surface area (Å²) in [5, 5.41) is 5.85. The lowest BCUT2D eigenvalue weighted by atomic mass is 10.8. The Labute approximate surface area is 48.4 Å². The van der Waals surface area contributed by atoms with E-state index in [2.05, 4.69) is 6.58 Å². The maximum absolute atomic E-state index is 5.85. The third-order valence-electron chi connectivity index (χ3n) is 0.539. The molecule has 46 valence electrons. The minimum Gasteiger partial charge on any atom is -0.353 e. The van der Waals surface area contributed by atoms with Crippen LogP contribution in [0.15, 0.2) is 6.58 Å². The molecule has 0 aliphatic carbocycles. The lowest BCUT2D eigenvalue weighted by Crippen LogP contribution is -1.79. The smallest absolute Gasteiger partial charge is 0.146 e. The molecular weight excluding hydrogens is 106 g/mol. The first-order chi connectivity index (χ1) is 3.91. The molecule has 1 aliphatic heterocycles. The van der Waals surface area contributed by atoms with Crippen LogP contribution in [0.5, 0.6) is 0 Å².